The molecule has 4 N–H and O–H groups in total. The van der Waals surface area contributed by atoms with Crippen molar-refractivity contribution in [1.82, 2.24) is 0 Å². The van der Waals surface area contributed by atoms with Crippen molar-refractivity contribution in [3.8, 4) is 0 Å². The van der Waals surface area contributed by atoms with E-state index in [0.717, 1.165) is 55.4 Å². The monoisotopic (exact) mass is 302 g/mol. The number of unbranched alkanes of at least 4 members (excludes halogenated alkanes) is 1. The van der Waals surface area contributed by atoms with Gasteiger partial charge in [0.15, 0.2) is 0 Å². The van der Waals surface area contributed by atoms with Gasteiger partial charge in [0.25, 0.3) is 0 Å². The van der Waals surface area contributed by atoms with Gasteiger partial charge in [-0.05, 0) is 66.4 Å². The van der Waals surface area contributed by atoms with Crippen LogP contribution in [0.25, 0.3) is 0 Å². The van der Waals surface area contributed by atoms with Crippen LogP contribution in [0, 0.1) is 5.41 Å². The summed E-state index contributed by atoms with van der Waals surface area (Å²) < 4.78 is 0. The molecule has 2 heteroatoms. The Morgan fingerprint density at radius 1 is 0.864 bits per heavy atom. The minimum absolute atomic E-state index is 0.299. The molecule has 0 unspecified atom stereocenters. The number of nitrogens with two attached hydrogens (primary N) is 2. The molecule has 0 aliphatic heterocycles. The van der Waals surface area contributed by atoms with Crippen LogP contribution in [0.15, 0.2) is 60.9 Å². The largest absolute Gasteiger partial charge is 0.399 e. The lowest BCUT2D eigenvalue weighted by Gasteiger charge is -2.30. The van der Waals surface area contributed by atoms with Crippen LogP contribution in [-0.2, 0) is 0 Å². The van der Waals surface area contributed by atoms with E-state index in [4.69, 9.17) is 11.5 Å². The van der Waals surface area contributed by atoms with E-state index in [1.807, 2.05) is 0 Å². The normalized spacial score (nSPS) is 11.0. The van der Waals surface area contributed by atoms with Crippen molar-refractivity contribution in [3.05, 3.63) is 60.9 Å². The predicted molar refractivity (Wildman–Crippen MR) is 100 cm³/mol. The van der Waals surface area contributed by atoms with Gasteiger partial charge in [-0.2, -0.15) is 0 Å². The summed E-state index contributed by atoms with van der Waals surface area (Å²) in [5.41, 5.74) is 15.5. The summed E-state index contributed by atoms with van der Waals surface area (Å²) in [6.45, 7) is 24.9. The first kappa shape index (κ1) is 20.5. The maximum Gasteiger partial charge on any atom is 0.0314 e. The fraction of sp³-hybridized carbons (Fsp3) is 0.500. The summed E-state index contributed by atoms with van der Waals surface area (Å²) in [5.74, 6) is 0. The molecule has 124 valence electrons. The predicted octanol–water partition coefficient (Wildman–Crippen LogP) is 5.01. The zero-order valence-corrected chi connectivity index (χ0v) is 14.6. The Bertz CT molecular complexity index is 442. The van der Waals surface area contributed by atoms with Crippen molar-refractivity contribution in [2.45, 2.75) is 52.4 Å². The Labute approximate surface area is 137 Å². The van der Waals surface area contributed by atoms with E-state index >= 15 is 0 Å². The maximum atomic E-state index is 5.95. The maximum absolute atomic E-state index is 5.95. The third-order valence-electron chi connectivity index (χ3n) is 4.91. The second-order valence-electron chi connectivity index (χ2n) is 6.18. The van der Waals surface area contributed by atoms with E-state index in [1.165, 1.54) is 6.42 Å². The number of allylic oxidation sites excluding steroid dienone is 3. The zero-order chi connectivity index (χ0) is 17.3. The second kappa shape index (κ2) is 9.47. The molecular formula is C20H34N2. The molecule has 0 amide bonds. The van der Waals surface area contributed by atoms with Gasteiger partial charge >= 0.3 is 0 Å². The van der Waals surface area contributed by atoms with Crippen LogP contribution in [0.1, 0.15) is 52.4 Å². The molecule has 0 heterocycles. The smallest absolute Gasteiger partial charge is 0.0314 e. The Balaban J connectivity index is 4.35. The molecule has 0 spiro atoms. The highest BCUT2D eigenvalue weighted by Crippen LogP contribution is 2.32. The highest BCUT2D eigenvalue weighted by atomic mass is 14.6. The third kappa shape index (κ3) is 5.69. The first-order valence-corrected chi connectivity index (χ1v) is 8.15. The topological polar surface area (TPSA) is 52.0 Å². The highest BCUT2D eigenvalue weighted by molar-refractivity contribution is 5.56. The average Bonchev–Trinajstić information content (AvgIpc) is 2.53. The Hall–Kier alpha value is -1.54. The third-order valence-corrected chi connectivity index (χ3v) is 4.91. The van der Waals surface area contributed by atoms with Crippen LogP contribution in [0.3, 0.4) is 0 Å². The van der Waals surface area contributed by atoms with Gasteiger partial charge in [-0.25, -0.2) is 0 Å². The van der Waals surface area contributed by atoms with Gasteiger partial charge in [0, 0.05) is 5.70 Å². The summed E-state index contributed by atoms with van der Waals surface area (Å²) in [7, 11) is 0. The van der Waals surface area contributed by atoms with Crippen LogP contribution < -0.4 is 11.5 Å². The van der Waals surface area contributed by atoms with Crippen molar-refractivity contribution in [3.63, 3.8) is 0 Å². The van der Waals surface area contributed by atoms with Gasteiger partial charge in [-0.15, -0.1) is 0 Å². The van der Waals surface area contributed by atoms with Gasteiger partial charge < -0.3 is 11.5 Å². The van der Waals surface area contributed by atoms with Gasteiger partial charge in [0.1, 0.15) is 0 Å². The lowest BCUT2D eigenvalue weighted by molar-refractivity contribution is 0.242. The molecule has 0 aromatic heterocycles. The quantitative estimate of drug-likeness (QED) is 0.393. The molecule has 0 radical (unpaired) electrons. The minimum atomic E-state index is 0.299. The molecule has 0 saturated heterocycles. The Morgan fingerprint density at radius 2 is 1.41 bits per heavy atom. The minimum Gasteiger partial charge on any atom is -0.399 e. The molecule has 0 rings (SSSR count). The summed E-state index contributed by atoms with van der Waals surface area (Å²) in [6, 6.07) is 0. The highest BCUT2D eigenvalue weighted by Gasteiger charge is 2.23. The van der Waals surface area contributed by atoms with Crippen LogP contribution in [-0.4, -0.2) is 6.54 Å². The van der Waals surface area contributed by atoms with Crippen molar-refractivity contribution in [2.24, 2.45) is 16.9 Å². The molecule has 0 aromatic carbocycles. The number of hydrogen-bond acceptors (Lipinski definition) is 2. The van der Waals surface area contributed by atoms with Crippen LogP contribution in [0.5, 0.6) is 0 Å². The van der Waals surface area contributed by atoms with E-state index in [9.17, 15) is 0 Å². The van der Waals surface area contributed by atoms with Crippen LogP contribution in [0.4, 0.5) is 0 Å². The van der Waals surface area contributed by atoms with Crippen molar-refractivity contribution in [1.29, 1.82) is 0 Å². The van der Waals surface area contributed by atoms with Crippen molar-refractivity contribution >= 4 is 0 Å². The van der Waals surface area contributed by atoms with E-state index in [0.29, 0.717) is 16.7 Å². The summed E-state index contributed by atoms with van der Waals surface area (Å²) in [6.07, 6.45) is 6.61. The van der Waals surface area contributed by atoms with Crippen molar-refractivity contribution < 1.29 is 0 Å². The molecule has 2 nitrogen and oxygen atoms in total. The molecule has 0 aliphatic rings. The number of rotatable bonds is 12. The Kier molecular flexibility index (Phi) is 8.81. The fourth-order valence-corrected chi connectivity index (χ4v) is 2.57. The van der Waals surface area contributed by atoms with Crippen LogP contribution in [0.2, 0.25) is 0 Å². The molecule has 0 saturated carbocycles. The fourth-order valence-electron chi connectivity index (χ4n) is 2.57. The van der Waals surface area contributed by atoms with Crippen LogP contribution >= 0.6 is 0 Å². The molecule has 0 fully saturated rings. The standard InChI is InChI=1S/C20H34N2/c1-8-20(9-2,14-21)13-11-10-12-15(3)16(4)17(5)18(6)19(7)22/h3-14,21-22H2,1-2H3. The van der Waals surface area contributed by atoms with Gasteiger partial charge in [-0.1, -0.05) is 53.2 Å². The summed E-state index contributed by atoms with van der Waals surface area (Å²) in [4.78, 5) is 0. The van der Waals surface area contributed by atoms with E-state index in [2.05, 4.69) is 46.7 Å². The van der Waals surface area contributed by atoms with Gasteiger partial charge in [0.05, 0.1) is 0 Å². The van der Waals surface area contributed by atoms with E-state index < -0.39 is 0 Å². The van der Waals surface area contributed by atoms with Gasteiger partial charge in [0.2, 0.25) is 0 Å². The molecule has 22 heavy (non-hydrogen) atoms. The zero-order valence-electron chi connectivity index (χ0n) is 14.6. The summed E-state index contributed by atoms with van der Waals surface area (Å²) >= 11 is 0. The second-order valence-corrected chi connectivity index (χ2v) is 6.18. The molecule has 0 atom stereocenters. The lowest BCUT2D eigenvalue weighted by Crippen LogP contribution is -2.29. The van der Waals surface area contributed by atoms with Gasteiger partial charge in [-0.3, -0.25) is 0 Å². The molecular weight excluding hydrogens is 268 g/mol. The Morgan fingerprint density at radius 3 is 1.82 bits per heavy atom. The first-order chi connectivity index (χ1) is 10.2. The molecule has 0 aliphatic carbocycles. The summed E-state index contributed by atoms with van der Waals surface area (Å²) in [5, 5.41) is 0. The van der Waals surface area contributed by atoms with E-state index in [-0.39, 0.29) is 0 Å². The van der Waals surface area contributed by atoms with Crippen molar-refractivity contribution in [2.75, 3.05) is 6.54 Å². The molecule has 0 bridgehead atoms. The molecule has 0 aromatic rings. The first-order valence-electron chi connectivity index (χ1n) is 8.15. The average molecular weight is 303 g/mol. The van der Waals surface area contributed by atoms with E-state index in [1.54, 1.807) is 0 Å². The SMILES string of the molecule is C=C(N)C(=C)C(=C)C(=C)C(=C)CCCCC(CC)(CC)CN. The number of hydrogen-bond donors (Lipinski definition) is 2. The lowest BCUT2D eigenvalue weighted by atomic mass is 9.77.